The summed E-state index contributed by atoms with van der Waals surface area (Å²) in [6.07, 6.45) is 1.62. The molecule has 1 N–H and O–H groups in total. The predicted molar refractivity (Wildman–Crippen MR) is 117 cm³/mol. The summed E-state index contributed by atoms with van der Waals surface area (Å²) in [5, 5.41) is 10.4. The molecule has 1 atom stereocenters. The lowest BCUT2D eigenvalue weighted by Gasteiger charge is -2.24. The van der Waals surface area contributed by atoms with E-state index < -0.39 is 6.10 Å². The number of benzene rings is 2. The Balaban J connectivity index is 1.41. The number of aryl methyl sites for hydroxylation is 1. The van der Waals surface area contributed by atoms with Crippen molar-refractivity contribution in [3.8, 4) is 11.5 Å². The second kappa shape index (κ2) is 11.2. The fraction of sp³-hybridized carbons (Fsp3) is 0.500. The van der Waals surface area contributed by atoms with E-state index in [2.05, 4.69) is 41.0 Å². The Bertz CT molecular complexity index is 735. The van der Waals surface area contributed by atoms with Gasteiger partial charge in [0.2, 0.25) is 0 Å². The Kier molecular flexibility index (Phi) is 8.35. The first-order valence-corrected chi connectivity index (χ1v) is 10.6. The van der Waals surface area contributed by atoms with Gasteiger partial charge in [-0.25, -0.2) is 0 Å². The largest absolute Gasteiger partial charge is 0.497 e. The van der Waals surface area contributed by atoms with Gasteiger partial charge in [-0.05, 0) is 61.3 Å². The molecule has 1 aliphatic heterocycles. The third kappa shape index (κ3) is 7.03. The first kappa shape index (κ1) is 21.6. The SMILES string of the molecule is CCc1cccc(OCC(O)CN2CCCN(Cc3ccc(OC)cc3)CC2)c1. The molecule has 1 unspecified atom stereocenters. The van der Waals surface area contributed by atoms with Gasteiger partial charge >= 0.3 is 0 Å². The summed E-state index contributed by atoms with van der Waals surface area (Å²) in [5.41, 5.74) is 2.56. The van der Waals surface area contributed by atoms with Crippen molar-refractivity contribution in [1.29, 1.82) is 0 Å². The molecule has 0 bridgehead atoms. The van der Waals surface area contributed by atoms with Crippen molar-refractivity contribution in [3.05, 3.63) is 59.7 Å². The zero-order valence-corrected chi connectivity index (χ0v) is 17.7. The number of aliphatic hydroxyl groups is 1. The van der Waals surface area contributed by atoms with E-state index in [4.69, 9.17) is 9.47 Å². The second-order valence-corrected chi connectivity index (χ2v) is 7.74. The smallest absolute Gasteiger partial charge is 0.119 e. The van der Waals surface area contributed by atoms with Crippen LogP contribution in [-0.2, 0) is 13.0 Å². The monoisotopic (exact) mass is 398 g/mol. The summed E-state index contributed by atoms with van der Waals surface area (Å²) in [6, 6.07) is 16.4. The minimum Gasteiger partial charge on any atom is -0.497 e. The fourth-order valence-corrected chi connectivity index (χ4v) is 3.75. The quantitative estimate of drug-likeness (QED) is 0.703. The van der Waals surface area contributed by atoms with E-state index in [9.17, 15) is 5.11 Å². The molecular formula is C24H34N2O3. The van der Waals surface area contributed by atoms with Crippen molar-refractivity contribution in [1.82, 2.24) is 9.80 Å². The zero-order chi connectivity index (χ0) is 20.5. The lowest BCUT2D eigenvalue weighted by Crippen LogP contribution is -2.38. The molecule has 0 amide bonds. The predicted octanol–water partition coefficient (Wildman–Crippen LogP) is 3.21. The maximum Gasteiger partial charge on any atom is 0.119 e. The van der Waals surface area contributed by atoms with Gasteiger partial charge < -0.3 is 14.6 Å². The number of hydrogen-bond donors (Lipinski definition) is 1. The molecule has 1 aliphatic rings. The number of nitrogens with zero attached hydrogens (tertiary/aromatic N) is 2. The number of β-amino-alcohol motifs (C(OH)–C–C–N with tert-alkyl or cyclic N) is 1. The van der Waals surface area contributed by atoms with Crippen molar-refractivity contribution in [3.63, 3.8) is 0 Å². The average Bonchev–Trinajstić information content (AvgIpc) is 2.98. The molecule has 5 heteroatoms. The molecule has 5 nitrogen and oxygen atoms in total. The van der Waals surface area contributed by atoms with Crippen molar-refractivity contribution < 1.29 is 14.6 Å². The molecule has 2 aromatic rings. The van der Waals surface area contributed by atoms with E-state index in [-0.39, 0.29) is 0 Å². The average molecular weight is 399 g/mol. The van der Waals surface area contributed by atoms with Crippen LogP contribution in [0.3, 0.4) is 0 Å². The maximum atomic E-state index is 10.4. The Hall–Kier alpha value is -2.08. The van der Waals surface area contributed by atoms with Gasteiger partial charge in [-0.1, -0.05) is 31.2 Å². The number of ether oxygens (including phenoxy) is 2. The van der Waals surface area contributed by atoms with E-state index in [0.29, 0.717) is 13.2 Å². The van der Waals surface area contributed by atoms with Crippen LogP contribution in [0, 0.1) is 0 Å². The van der Waals surface area contributed by atoms with Crippen molar-refractivity contribution in [2.45, 2.75) is 32.4 Å². The molecule has 3 rings (SSSR count). The Labute approximate surface area is 174 Å². The molecule has 1 heterocycles. The summed E-state index contributed by atoms with van der Waals surface area (Å²) < 4.78 is 11.0. The second-order valence-electron chi connectivity index (χ2n) is 7.74. The van der Waals surface area contributed by atoms with Crippen molar-refractivity contribution in [2.24, 2.45) is 0 Å². The molecule has 1 saturated heterocycles. The Morgan fingerprint density at radius 3 is 2.45 bits per heavy atom. The number of hydrogen-bond acceptors (Lipinski definition) is 5. The van der Waals surface area contributed by atoms with Crippen LogP contribution < -0.4 is 9.47 Å². The minimum absolute atomic E-state index is 0.333. The third-order valence-corrected chi connectivity index (χ3v) is 5.46. The summed E-state index contributed by atoms with van der Waals surface area (Å²) in [6.45, 7) is 8.16. The number of methoxy groups -OCH3 is 1. The van der Waals surface area contributed by atoms with Crippen LogP contribution in [0.15, 0.2) is 48.5 Å². The first-order chi connectivity index (χ1) is 14.2. The van der Waals surface area contributed by atoms with Crippen LogP contribution in [0.1, 0.15) is 24.5 Å². The van der Waals surface area contributed by atoms with Crippen molar-refractivity contribution >= 4 is 0 Å². The maximum absolute atomic E-state index is 10.4. The van der Waals surface area contributed by atoms with Gasteiger partial charge in [0, 0.05) is 26.2 Å². The van der Waals surface area contributed by atoms with Gasteiger partial charge in [-0.3, -0.25) is 9.80 Å². The highest BCUT2D eigenvalue weighted by molar-refractivity contribution is 5.28. The minimum atomic E-state index is -0.478. The molecule has 0 spiro atoms. The highest BCUT2D eigenvalue weighted by Gasteiger charge is 2.18. The number of rotatable bonds is 9. The van der Waals surface area contributed by atoms with E-state index in [1.165, 1.54) is 11.1 Å². The molecule has 29 heavy (non-hydrogen) atoms. The Morgan fingerprint density at radius 2 is 1.69 bits per heavy atom. The van der Waals surface area contributed by atoms with E-state index in [0.717, 1.165) is 57.1 Å². The highest BCUT2D eigenvalue weighted by atomic mass is 16.5. The third-order valence-electron chi connectivity index (χ3n) is 5.46. The van der Waals surface area contributed by atoms with Crippen LogP contribution in [0.25, 0.3) is 0 Å². The van der Waals surface area contributed by atoms with Crippen LogP contribution in [0.4, 0.5) is 0 Å². The normalized spacial score (nSPS) is 16.9. The summed E-state index contributed by atoms with van der Waals surface area (Å²) in [4.78, 5) is 4.84. The molecule has 0 aromatic heterocycles. The Morgan fingerprint density at radius 1 is 0.931 bits per heavy atom. The van der Waals surface area contributed by atoms with E-state index >= 15 is 0 Å². The summed E-state index contributed by atoms with van der Waals surface area (Å²) >= 11 is 0. The topological polar surface area (TPSA) is 45.2 Å². The fourth-order valence-electron chi connectivity index (χ4n) is 3.75. The summed E-state index contributed by atoms with van der Waals surface area (Å²) in [5.74, 6) is 1.73. The van der Waals surface area contributed by atoms with E-state index in [1.807, 2.05) is 24.3 Å². The van der Waals surface area contributed by atoms with Crippen molar-refractivity contribution in [2.75, 3.05) is 46.4 Å². The van der Waals surface area contributed by atoms with Gasteiger partial charge in [-0.15, -0.1) is 0 Å². The molecule has 0 aliphatic carbocycles. The van der Waals surface area contributed by atoms with Crippen LogP contribution >= 0.6 is 0 Å². The molecular weight excluding hydrogens is 364 g/mol. The van der Waals surface area contributed by atoms with Crippen LogP contribution in [0.5, 0.6) is 11.5 Å². The van der Waals surface area contributed by atoms with E-state index in [1.54, 1.807) is 7.11 Å². The zero-order valence-electron chi connectivity index (χ0n) is 17.7. The van der Waals surface area contributed by atoms with Gasteiger partial charge in [0.25, 0.3) is 0 Å². The van der Waals surface area contributed by atoms with Gasteiger partial charge in [0.05, 0.1) is 7.11 Å². The lowest BCUT2D eigenvalue weighted by atomic mass is 10.2. The first-order valence-electron chi connectivity index (χ1n) is 10.6. The summed E-state index contributed by atoms with van der Waals surface area (Å²) in [7, 11) is 1.69. The molecule has 2 aromatic carbocycles. The van der Waals surface area contributed by atoms with Gasteiger partial charge in [0.15, 0.2) is 0 Å². The highest BCUT2D eigenvalue weighted by Crippen LogP contribution is 2.16. The number of aliphatic hydroxyl groups excluding tert-OH is 1. The lowest BCUT2D eigenvalue weighted by molar-refractivity contribution is 0.0692. The molecule has 158 valence electrons. The van der Waals surface area contributed by atoms with Gasteiger partial charge in [-0.2, -0.15) is 0 Å². The van der Waals surface area contributed by atoms with Gasteiger partial charge in [0.1, 0.15) is 24.2 Å². The van der Waals surface area contributed by atoms with Crippen LogP contribution in [-0.4, -0.2) is 67.5 Å². The molecule has 0 saturated carbocycles. The molecule has 1 fully saturated rings. The standard InChI is InChI=1S/C24H34N2O3/c1-3-20-6-4-7-24(16-20)29-19-22(27)18-26-13-5-12-25(14-15-26)17-21-8-10-23(28-2)11-9-21/h4,6-11,16,22,27H,3,5,12-15,17-19H2,1-2H3. The molecule has 0 radical (unpaired) electrons. The van der Waals surface area contributed by atoms with Crippen LogP contribution in [0.2, 0.25) is 0 Å².